The summed E-state index contributed by atoms with van der Waals surface area (Å²) in [4.78, 5) is 12.5. The van der Waals surface area contributed by atoms with Crippen molar-refractivity contribution >= 4 is 17.5 Å². The Labute approximate surface area is 202 Å². The van der Waals surface area contributed by atoms with Gasteiger partial charge in [0.05, 0.1) is 29.4 Å². The number of halogens is 1. The minimum atomic E-state index is -0.315. The molecule has 34 heavy (non-hydrogen) atoms. The summed E-state index contributed by atoms with van der Waals surface area (Å²) in [7, 11) is 0. The lowest BCUT2D eigenvalue weighted by atomic mass is 10.1. The predicted octanol–water partition coefficient (Wildman–Crippen LogP) is 3.97. The lowest BCUT2D eigenvalue weighted by molar-refractivity contribution is -0.162. The van der Waals surface area contributed by atoms with Crippen LogP contribution in [-0.2, 0) is 22.4 Å². The van der Waals surface area contributed by atoms with Crippen LogP contribution in [0.15, 0.2) is 41.1 Å². The molecule has 1 aromatic carbocycles. The van der Waals surface area contributed by atoms with E-state index < -0.39 is 0 Å². The molecule has 178 valence electrons. The number of benzene rings is 1. The zero-order chi connectivity index (χ0) is 23.9. The molecule has 1 aliphatic heterocycles. The van der Waals surface area contributed by atoms with Crippen LogP contribution in [0.4, 0.5) is 0 Å². The molecular weight excluding hydrogens is 458 g/mol. The summed E-state index contributed by atoms with van der Waals surface area (Å²) in [5.74, 6) is 0.275. The standard InChI is InChI=1S/C24H26ClN5O4/c1-16(15-30-9-7-21(28-30)17-5-6-18(14-26)20(25)12-17)27-24(31)22-13-19(34-29-22)8-11-33-23-4-2-3-10-32-23/h5-7,9,12-13,16,23H,2-4,8,10-11,15H2,1H3,(H,27,31)/t16?,23-/m0/s1. The van der Waals surface area contributed by atoms with Crippen LogP contribution in [0, 0.1) is 11.3 Å². The van der Waals surface area contributed by atoms with E-state index in [0.717, 1.165) is 37.1 Å². The molecule has 4 rings (SSSR count). The molecule has 2 atom stereocenters. The SMILES string of the molecule is CC(Cn1ccc(-c2ccc(C#N)c(Cl)c2)n1)NC(=O)c1cc(CCO[C@H]2CCCCO2)on1. The molecule has 1 unspecified atom stereocenters. The molecule has 1 N–H and O–H groups in total. The summed E-state index contributed by atoms with van der Waals surface area (Å²) in [6.07, 6.45) is 5.28. The second-order valence-electron chi connectivity index (χ2n) is 8.20. The van der Waals surface area contributed by atoms with Crippen molar-refractivity contribution in [2.45, 2.75) is 51.5 Å². The number of nitrogens with zero attached hydrogens (tertiary/aromatic N) is 4. The van der Waals surface area contributed by atoms with Crippen molar-refractivity contribution < 1.29 is 18.8 Å². The van der Waals surface area contributed by atoms with E-state index in [1.54, 1.807) is 28.9 Å². The summed E-state index contributed by atoms with van der Waals surface area (Å²) in [6.45, 7) is 3.54. The fourth-order valence-corrected chi connectivity index (χ4v) is 3.90. The van der Waals surface area contributed by atoms with Gasteiger partial charge in [-0.25, -0.2) is 0 Å². The van der Waals surface area contributed by atoms with E-state index in [4.69, 9.17) is 30.9 Å². The molecule has 0 aliphatic carbocycles. The summed E-state index contributed by atoms with van der Waals surface area (Å²) in [5, 5.41) is 20.7. The van der Waals surface area contributed by atoms with Crippen LogP contribution < -0.4 is 5.32 Å². The molecule has 9 nitrogen and oxygen atoms in total. The first-order chi connectivity index (χ1) is 16.5. The Hall–Kier alpha value is -3.19. The molecule has 1 aliphatic rings. The Kier molecular flexibility index (Phi) is 7.95. The summed E-state index contributed by atoms with van der Waals surface area (Å²) in [6, 6.07) is 10.5. The average molecular weight is 484 g/mol. The van der Waals surface area contributed by atoms with E-state index in [1.165, 1.54) is 0 Å². The number of carbonyl (C=O) groups is 1. The van der Waals surface area contributed by atoms with Gasteiger partial charge >= 0.3 is 0 Å². The first-order valence-electron chi connectivity index (χ1n) is 11.2. The van der Waals surface area contributed by atoms with Crippen LogP contribution in [0.25, 0.3) is 11.3 Å². The van der Waals surface area contributed by atoms with Crippen LogP contribution in [-0.4, -0.2) is 46.4 Å². The smallest absolute Gasteiger partial charge is 0.273 e. The van der Waals surface area contributed by atoms with Gasteiger partial charge in [0, 0.05) is 36.9 Å². The van der Waals surface area contributed by atoms with E-state index in [-0.39, 0.29) is 23.9 Å². The third-order valence-electron chi connectivity index (χ3n) is 5.45. The molecule has 1 saturated heterocycles. The lowest BCUT2D eigenvalue weighted by Gasteiger charge is -2.22. The number of aromatic nitrogens is 3. The third-order valence-corrected chi connectivity index (χ3v) is 5.76. The van der Waals surface area contributed by atoms with Gasteiger partial charge in [-0.1, -0.05) is 22.8 Å². The maximum absolute atomic E-state index is 12.5. The van der Waals surface area contributed by atoms with Crippen molar-refractivity contribution in [2.24, 2.45) is 0 Å². The first kappa shape index (κ1) is 24.0. The van der Waals surface area contributed by atoms with Gasteiger partial charge in [0.2, 0.25) is 0 Å². The highest BCUT2D eigenvalue weighted by Crippen LogP contribution is 2.24. The molecule has 1 amide bonds. The molecule has 2 aromatic heterocycles. The molecule has 0 saturated carbocycles. The van der Waals surface area contributed by atoms with Gasteiger partial charge in [0.1, 0.15) is 11.8 Å². The first-order valence-corrected chi connectivity index (χ1v) is 11.6. The maximum Gasteiger partial charge on any atom is 0.273 e. The van der Waals surface area contributed by atoms with E-state index >= 15 is 0 Å². The molecule has 0 bridgehead atoms. The van der Waals surface area contributed by atoms with Crippen LogP contribution in [0.2, 0.25) is 5.02 Å². The number of hydrogen-bond donors (Lipinski definition) is 1. The number of carbonyl (C=O) groups excluding carboxylic acids is 1. The number of hydrogen-bond acceptors (Lipinski definition) is 7. The zero-order valence-corrected chi connectivity index (χ0v) is 19.6. The molecule has 3 aromatic rings. The van der Waals surface area contributed by atoms with Gasteiger partial charge in [0.25, 0.3) is 5.91 Å². The molecule has 0 spiro atoms. The van der Waals surface area contributed by atoms with Crippen molar-refractivity contribution in [3.05, 3.63) is 58.6 Å². The van der Waals surface area contributed by atoms with Gasteiger partial charge < -0.3 is 19.3 Å². The molecule has 3 heterocycles. The van der Waals surface area contributed by atoms with Crippen LogP contribution in [0.5, 0.6) is 0 Å². The summed E-state index contributed by atoms with van der Waals surface area (Å²) in [5.41, 5.74) is 2.19. The monoisotopic (exact) mass is 483 g/mol. The van der Waals surface area contributed by atoms with E-state index in [9.17, 15) is 4.79 Å². The maximum atomic E-state index is 12.5. The number of rotatable bonds is 9. The largest absolute Gasteiger partial charge is 0.361 e. The molecule has 1 fully saturated rings. The van der Waals surface area contributed by atoms with E-state index in [1.807, 2.05) is 25.3 Å². The van der Waals surface area contributed by atoms with Crippen molar-refractivity contribution in [2.75, 3.05) is 13.2 Å². The normalized spacial score (nSPS) is 16.7. The van der Waals surface area contributed by atoms with Crippen LogP contribution in [0.3, 0.4) is 0 Å². The third kappa shape index (κ3) is 6.23. The van der Waals surface area contributed by atoms with Crippen LogP contribution in [0.1, 0.15) is 48.0 Å². The topological polar surface area (TPSA) is 115 Å². The predicted molar refractivity (Wildman–Crippen MR) is 124 cm³/mol. The van der Waals surface area contributed by atoms with Gasteiger partial charge in [-0.2, -0.15) is 10.4 Å². The van der Waals surface area contributed by atoms with Crippen molar-refractivity contribution in [3.8, 4) is 17.3 Å². The van der Waals surface area contributed by atoms with E-state index in [2.05, 4.69) is 15.6 Å². The van der Waals surface area contributed by atoms with Crippen LogP contribution >= 0.6 is 11.6 Å². The summed E-state index contributed by atoms with van der Waals surface area (Å²) < 4.78 is 18.2. The highest BCUT2D eigenvalue weighted by molar-refractivity contribution is 6.32. The molecule has 10 heteroatoms. The van der Waals surface area contributed by atoms with Gasteiger partial charge in [-0.15, -0.1) is 0 Å². The fourth-order valence-electron chi connectivity index (χ4n) is 3.68. The molecule has 0 radical (unpaired) electrons. The van der Waals surface area contributed by atoms with Gasteiger partial charge in [-0.05, 0) is 44.4 Å². The second kappa shape index (κ2) is 11.3. The van der Waals surface area contributed by atoms with Crippen molar-refractivity contribution in [1.82, 2.24) is 20.3 Å². The number of nitrogens with one attached hydrogen (secondary N) is 1. The Morgan fingerprint density at radius 2 is 2.26 bits per heavy atom. The van der Waals surface area contributed by atoms with Gasteiger partial charge in [-0.3, -0.25) is 9.48 Å². The highest BCUT2D eigenvalue weighted by atomic mass is 35.5. The Morgan fingerprint density at radius 3 is 3.03 bits per heavy atom. The average Bonchev–Trinajstić information content (AvgIpc) is 3.50. The highest BCUT2D eigenvalue weighted by Gasteiger charge is 2.17. The van der Waals surface area contributed by atoms with Crippen molar-refractivity contribution in [1.29, 1.82) is 5.26 Å². The Bertz CT molecular complexity index is 1160. The van der Waals surface area contributed by atoms with Crippen molar-refractivity contribution in [3.63, 3.8) is 0 Å². The minimum absolute atomic E-state index is 0.156. The lowest BCUT2D eigenvalue weighted by Crippen LogP contribution is -2.36. The van der Waals surface area contributed by atoms with Gasteiger partial charge in [0.15, 0.2) is 12.0 Å². The molecular formula is C24H26ClN5O4. The summed E-state index contributed by atoms with van der Waals surface area (Å²) >= 11 is 6.12. The Balaban J connectivity index is 1.26. The van der Waals surface area contributed by atoms with E-state index in [0.29, 0.717) is 35.9 Å². The minimum Gasteiger partial charge on any atom is -0.361 e. The number of amides is 1. The Morgan fingerprint density at radius 1 is 1.38 bits per heavy atom. The number of nitriles is 1. The zero-order valence-electron chi connectivity index (χ0n) is 18.9. The second-order valence-corrected chi connectivity index (χ2v) is 8.61. The fraction of sp³-hybridized carbons (Fsp3) is 0.417. The quantitative estimate of drug-likeness (QED) is 0.489. The number of ether oxygens (including phenoxy) is 2.